The maximum Gasteiger partial charge on any atom is 0.262 e. The fourth-order valence-corrected chi connectivity index (χ4v) is 3.89. The van der Waals surface area contributed by atoms with E-state index >= 15 is 0 Å². The van der Waals surface area contributed by atoms with Crippen LogP contribution in [0.3, 0.4) is 0 Å². The van der Waals surface area contributed by atoms with Gasteiger partial charge in [0.05, 0.1) is 4.88 Å². The van der Waals surface area contributed by atoms with Crippen molar-refractivity contribution in [2.75, 3.05) is 6.54 Å². The van der Waals surface area contributed by atoms with E-state index in [4.69, 9.17) is 0 Å². The van der Waals surface area contributed by atoms with E-state index in [1.165, 1.54) is 11.3 Å². The van der Waals surface area contributed by atoms with E-state index in [2.05, 4.69) is 22.9 Å². The smallest absolute Gasteiger partial charge is 0.262 e. The van der Waals surface area contributed by atoms with E-state index in [9.17, 15) is 9.59 Å². The average Bonchev–Trinajstić information content (AvgIpc) is 3.17. The molecule has 3 atom stereocenters. The standard InChI is InChI=1S/C20H25N3O2S.ClH/c1-14-12-16(9-10-21-14)22-19(24)17(13-15-6-3-2-4-7-15)23-20(25)18-8-5-11-26-18;/h2-8,11,14,16-17,21H,9-10,12-13H2,1H3,(H,22,24)(H,23,25);1H. The first-order valence-electron chi connectivity index (χ1n) is 9.04. The van der Waals surface area contributed by atoms with Crippen molar-refractivity contribution >= 4 is 35.6 Å². The first-order valence-corrected chi connectivity index (χ1v) is 9.92. The van der Waals surface area contributed by atoms with Gasteiger partial charge in [-0.25, -0.2) is 0 Å². The molecular weight excluding hydrogens is 382 g/mol. The van der Waals surface area contributed by atoms with Gasteiger partial charge in [-0.2, -0.15) is 0 Å². The number of piperidine rings is 1. The third-order valence-corrected chi connectivity index (χ3v) is 5.49. The molecule has 1 aliphatic heterocycles. The fourth-order valence-electron chi connectivity index (χ4n) is 3.26. The summed E-state index contributed by atoms with van der Waals surface area (Å²) in [6.07, 6.45) is 2.29. The lowest BCUT2D eigenvalue weighted by molar-refractivity contribution is -0.123. The summed E-state index contributed by atoms with van der Waals surface area (Å²) < 4.78 is 0. The normalized spacial score (nSPS) is 20.2. The highest BCUT2D eigenvalue weighted by Crippen LogP contribution is 2.12. The second-order valence-corrected chi connectivity index (χ2v) is 7.73. The van der Waals surface area contributed by atoms with Crippen LogP contribution >= 0.6 is 23.7 Å². The number of hydrogen-bond acceptors (Lipinski definition) is 4. The maximum atomic E-state index is 12.9. The minimum Gasteiger partial charge on any atom is -0.351 e. The number of halogens is 1. The van der Waals surface area contributed by atoms with E-state index in [0.717, 1.165) is 24.9 Å². The number of hydrogen-bond donors (Lipinski definition) is 3. The Morgan fingerprint density at radius 2 is 2.00 bits per heavy atom. The van der Waals surface area contributed by atoms with Gasteiger partial charge < -0.3 is 16.0 Å². The Bertz CT molecular complexity index is 724. The minimum atomic E-state index is -0.586. The van der Waals surface area contributed by atoms with Crippen LogP contribution in [0.1, 0.15) is 35.0 Å². The molecule has 0 aliphatic carbocycles. The molecule has 27 heavy (non-hydrogen) atoms. The summed E-state index contributed by atoms with van der Waals surface area (Å²) in [5, 5.41) is 11.3. The summed E-state index contributed by atoms with van der Waals surface area (Å²) in [7, 11) is 0. The van der Waals surface area contributed by atoms with Crippen LogP contribution in [0.5, 0.6) is 0 Å². The molecule has 3 unspecified atom stereocenters. The predicted octanol–water partition coefficient (Wildman–Crippen LogP) is 2.77. The molecule has 0 saturated carbocycles. The lowest BCUT2D eigenvalue weighted by Crippen LogP contribution is -2.53. The predicted molar refractivity (Wildman–Crippen MR) is 112 cm³/mol. The molecule has 1 aromatic heterocycles. The highest BCUT2D eigenvalue weighted by atomic mass is 35.5. The Morgan fingerprint density at radius 1 is 1.22 bits per heavy atom. The summed E-state index contributed by atoms with van der Waals surface area (Å²) in [5.41, 5.74) is 1.03. The quantitative estimate of drug-likeness (QED) is 0.689. The van der Waals surface area contributed by atoms with Crippen molar-refractivity contribution in [3.05, 3.63) is 58.3 Å². The van der Waals surface area contributed by atoms with E-state index in [0.29, 0.717) is 17.3 Å². The Hall–Kier alpha value is -1.89. The van der Waals surface area contributed by atoms with E-state index < -0.39 is 6.04 Å². The molecule has 5 nitrogen and oxygen atoms in total. The van der Waals surface area contributed by atoms with Crippen molar-refractivity contribution in [3.63, 3.8) is 0 Å². The van der Waals surface area contributed by atoms with E-state index in [1.54, 1.807) is 6.07 Å². The molecule has 1 saturated heterocycles. The zero-order chi connectivity index (χ0) is 18.4. The zero-order valence-electron chi connectivity index (χ0n) is 15.3. The fraction of sp³-hybridized carbons (Fsp3) is 0.400. The van der Waals surface area contributed by atoms with Crippen molar-refractivity contribution in [1.82, 2.24) is 16.0 Å². The lowest BCUT2D eigenvalue weighted by atomic mass is 9.99. The highest BCUT2D eigenvalue weighted by molar-refractivity contribution is 7.12. The third kappa shape index (κ3) is 6.34. The average molecular weight is 408 g/mol. The Labute approximate surface area is 170 Å². The van der Waals surface area contributed by atoms with Crippen LogP contribution in [0.25, 0.3) is 0 Å². The van der Waals surface area contributed by atoms with Crippen molar-refractivity contribution in [3.8, 4) is 0 Å². The number of amides is 2. The topological polar surface area (TPSA) is 70.2 Å². The molecule has 3 rings (SSSR count). The molecule has 0 radical (unpaired) electrons. The Balaban J connectivity index is 0.00000261. The van der Waals surface area contributed by atoms with Crippen molar-refractivity contribution in [2.45, 2.75) is 44.3 Å². The van der Waals surface area contributed by atoms with E-state index in [-0.39, 0.29) is 30.3 Å². The third-order valence-electron chi connectivity index (χ3n) is 4.62. The van der Waals surface area contributed by atoms with Crippen LogP contribution in [0.4, 0.5) is 0 Å². The molecule has 0 spiro atoms. The molecule has 3 N–H and O–H groups in total. The first kappa shape index (κ1) is 21.4. The van der Waals surface area contributed by atoms with Gasteiger partial charge in [0.15, 0.2) is 0 Å². The van der Waals surface area contributed by atoms with Crippen LogP contribution in [0.15, 0.2) is 47.8 Å². The van der Waals surface area contributed by atoms with Crippen molar-refractivity contribution < 1.29 is 9.59 Å². The van der Waals surface area contributed by atoms with Crippen LogP contribution in [0, 0.1) is 0 Å². The zero-order valence-corrected chi connectivity index (χ0v) is 16.9. The minimum absolute atomic E-state index is 0. The largest absolute Gasteiger partial charge is 0.351 e. The van der Waals surface area contributed by atoms with Gasteiger partial charge in [-0.1, -0.05) is 36.4 Å². The highest BCUT2D eigenvalue weighted by Gasteiger charge is 2.26. The molecular formula is C20H26ClN3O2S. The summed E-state index contributed by atoms with van der Waals surface area (Å²) in [6, 6.07) is 13.3. The summed E-state index contributed by atoms with van der Waals surface area (Å²) in [4.78, 5) is 26.0. The molecule has 146 valence electrons. The number of thiophene rings is 1. The Morgan fingerprint density at radius 3 is 2.67 bits per heavy atom. The van der Waals surface area contributed by atoms with Gasteiger partial charge >= 0.3 is 0 Å². The number of benzene rings is 1. The van der Waals surface area contributed by atoms with Gasteiger partial charge in [0.25, 0.3) is 5.91 Å². The van der Waals surface area contributed by atoms with E-state index in [1.807, 2.05) is 41.8 Å². The monoisotopic (exact) mass is 407 g/mol. The molecule has 7 heteroatoms. The lowest BCUT2D eigenvalue weighted by Gasteiger charge is -2.30. The van der Waals surface area contributed by atoms with Crippen molar-refractivity contribution in [2.24, 2.45) is 0 Å². The maximum absolute atomic E-state index is 12.9. The summed E-state index contributed by atoms with van der Waals surface area (Å²) in [6.45, 7) is 3.02. The molecule has 1 aromatic carbocycles. The summed E-state index contributed by atoms with van der Waals surface area (Å²) in [5.74, 6) is -0.312. The molecule has 1 aliphatic rings. The van der Waals surface area contributed by atoms with Gasteiger partial charge in [-0.05, 0) is 43.3 Å². The second-order valence-electron chi connectivity index (χ2n) is 6.78. The SMILES string of the molecule is CC1CC(NC(=O)C(Cc2ccccc2)NC(=O)c2cccs2)CCN1.Cl. The molecule has 2 aromatic rings. The summed E-state index contributed by atoms with van der Waals surface area (Å²) >= 11 is 1.37. The van der Waals surface area contributed by atoms with Crippen LogP contribution < -0.4 is 16.0 Å². The van der Waals surface area contributed by atoms with Crippen LogP contribution in [-0.4, -0.2) is 36.5 Å². The van der Waals surface area contributed by atoms with Crippen LogP contribution in [0.2, 0.25) is 0 Å². The molecule has 0 bridgehead atoms. The second kappa shape index (κ2) is 10.4. The van der Waals surface area contributed by atoms with Gasteiger partial charge in [0, 0.05) is 18.5 Å². The number of carbonyl (C=O) groups is 2. The van der Waals surface area contributed by atoms with Gasteiger partial charge in [-0.3, -0.25) is 9.59 Å². The van der Waals surface area contributed by atoms with Crippen LogP contribution in [-0.2, 0) is 11.2 Å². The number of carbonyl (C=O) groups excluding carboxylic acids is 2. The van der Waals surface area contributed by atoms with Gasteiger partial charge in [-0.15, -0.1) is 23.7 Å². The van der Waals surface area contributed by atoms with Gasteiger partial charge in [0.1, 0.15) is 6.04 Å². The molecule has 2 amide bonds. The molecule has 1 fully saturated rings. The first-order chi connectivity index (χ1) is 12.6. The number of rotatable bonds is 6. The Kier molecular flexibility index (Phi) is 8.28. The number of nitrogens with one attached hydrogen (secondary N) is 3. The van der Waals surface area contributed by atoms with Crippen molar-refractivity contribution in [1.29, 1.82) is 0 Å². The molecule has 2 heterocycles. The van der Waals surface area contributed by atoms with Gasteiger partial charge in [0.2, 0.25) is 5.91 Å².